The first kappa shape index (κ1) is 19.3. The van der Waals surface area contributed by atoms with Crippen LogP contribution in [0.1, 0.15) is 11.1 Å². The molecule has 29 heavy (non-hydrogen) atoms. The number of hydrogen-bond acceptors (Lipinski definition) is 7. The van der Waals surface area contributed by atoms with Gasteiger partial charge in [0.25, 0.3) is 15.9 Å². The first-order valence-corrected chi connectivity index (χ1v) is 11.1. The number of rotatable bonds is 5. The summed E-state index contributed by atoms with van der Waals surface area (Å²) in [5, 5.41) is 5.68. The molecular formula is C20H18N4O3S2. The van der Waals surface area contributed by atoms with Gasteiger partial charge < -0.3 is 4.52 Å². The number of aryl methyl sites for hydroxylation is 2. The van der Waals surface area contributed by atoms with Gasteiger partial charge in [0.15, 0.2) is 0 Å². The first-order chi connectivity index (χ1) is 13.9. The summed E-state index contributed by atoms with van der Waals surface area (Å²) >= 11 is 1.24. The molecule has 0 fully saturated rings. The maximum absolute atomic E-state index is 13.3. The summed E-state index contributed by atoms with van der Waals surface area (Å²) in [6, 6.07) is 10.8. The lowest BCUT2D eigenvalue weighted by atomic mass is 10.1. The van der Waals surface area contributed by atoms with Crippen LogP contribution in [0.25, 0.3) is 22.2 Å². The zero-order valence-corrected chi connectivity index (χ0v) is 17.7. The number of aromatic nitrogens is 3. The lowest BCUT2D eigenvalue weighted by molar-refractivity contribution is 0.432. The van der Waals surface area contributed by atoms with Gasteiger partial charge in [-0.15, -0.1) is 11.3 Å². The summed E-state index contributed by atoms with van der Waals surface area (Å²) in [5.41, 5.74) is 3.32. The average molecular weight is 427 g/mol. The molecule has 0 saturated heterocycles. The Labute approximate surface area is 172 Å². The van der Waals surface area contributed by atoms with E-state index < -0.39 is 10.0 Å². The highest BCUT2D eigenvalue weighted by Gasteiger charge is 2.28. The predicted molar refractivity (Wildman–Crippen MR) is 112 cm³/mol. The number of hydrogen-bond donors (Lipinski definition) is 0. The highest BCUT2D eigenvalue weighted by atomic mass is 32.2. The third-order valence-electron chi connectivity index (χ3n) is 4.40. The standard InChI is InChI=1S/C20H18N4O3S2/c1-13-10-14(2)12-16(11-13)24(3)29(25,26)17-6-9-28-18(17)20-22-19(23-27-20)15-4-7-21-8-5-15/h4-12H,1-3H3. The van der Waals surface area contributed by atoms with Crippen LogP contribution in [0.5, 0.6) is 0 Å². The van der Waals surface area contributed by atoms with Crippen LogP contribution in [0.4, 0.5) is 5.69 Å². The molecule has 4 rings (SSSR count). The maximum Gasteiger partial charge on any atom is 0.269 e. The molecule has 4 aromatic rings. The molecule has 0 atom stereocenters. The van der Waals surface area contributed by atoms with Gasteiger partial charge in [0, 0.05) is 25.0 Å². The first-order valence-electron chi connectivity index (χ1n) is 8.75. The van der Waals surface area contributed by atoms with Gasteiger partial charge in [-0.3, -0.25) is 9.29 Å². The minimum atomic E-state index is -3.81. The predicted octanol–water partition coefficient (Wildman–Crippen LogP) is 4.30. The molecule has 7 nitrogen and oxygen atoms in total. The fraction of sp³-hybridized carbons (Fsp3) is 0.150. The molecule has 0 unspecified atom stereocenters. The number of pyridine rings is 1. The van der Waals surface area contributed by atoms with Crippen molar-refractivity contribution in [1.29, 1.82) is 0 Å². The van der Waals surface area contributed by atoms with E-state index in [9.17, 15) is 8.42 Å². The zero-order valence-electron chi connectivity index (χ0n) is 16.0. The molecule has 0 aliphatic rings. The molecule has 0 aliphatic heterocycles. The third kappa shape index (κ3) is 3.66. The Morgan fingerprint density at radius 3 is 2.41 bits per heavy atom. The van der Waals surface area contributed by atoms with Gasteiger partial charge in [0.1, 0.15) is 9.77 Å². The molecule has 0 amide bonds. The van der Waals surface area contributed by atoms with Gasteiger partial charge >= 0.3 is 0 Å². The van der Waals surface area contributed by atoms with Crippen molar-refractivity contribution >= 4 is 27.0 Å². The van der Waals surface area contributed by atoms with E-state index in [-0.39, 0.29) is 10.8 Å². The SMILES string of the molecule is Cc1cc(C)cc(N(C)S(=O)(=O)c2ccsc2-c2nc(-c3ccncc3)no2)c1. The van der Waals surface area contributed by atoms with Crippen molar-refractivity contribution in [2.45, 2.75) is 18.7 Å². The van der Waals surface area contributed by atoms with Crippen molar-refractivity contribution in [3.05, 3.63) is 65.3 Å². The molecule has 3 aromatic heterocycles. The molecule has 0 radical (unpaired) electrons. The normalized spacial score (nSPS) is 11.6. The van der Waals surface area contributed by atoms with Gasteiger partial charge in [0.05, 0.1) is 5.69 Å². The lowest BCUT2D eigenvalue weighted by Gasteiger charge is -2.20. The van der Waals surface area contributed by atoms with E-state index in [0.717, 1.165) is 16.7 Å². The Balaban J connectivity index is 1.73. The van der Waals surface area contributed by atoms with Crippen molar-refractivity contribution in [1.82, 2.24) is 15.1 Å². The van der Waals surface area contributed by atoms with E-state index >= 15 is 0 Å². The fourth-order valence-electron chi connectivity index (χ4n) is 3.01. The second-order valence-electron chi connectivity index (χ2n) is 6.59. The molecule has 0 spiro atoms. The quantitative estimate of drug-likeness (QED) is 0.473. The second-order valence-corrected chi connectivity index (χ2v) is 9.45. The maximum atomic E-state index is 13.3. The second kappa shape index (κ2) is 7.41. The summed E-state index contributed by atoms with van der Waals surface area (Å²) in [5.74, 6) is 0.543. The molecular weight excluding hydrogens is 408 g/mol. The van der Waals surface area contributed by atoms with Gasteiger partial charge in [-0.1, -0.05) is 11.2 Å². The largest absolute Gasteiger partial charge is 0.333 e. The summed E-state index contributed by atoms with van der Waals surface area (Å²) in [6.45, 7) is 3.87. The molecule has 148 valence electrons. The lowest BCUT2D eigenvalue weighted by Crippen LogP contribution is -2.26. The molecule has 1 aromatic carbocycles. The zero-order chi connectivity index (χ0) is 20.6. The van der Waals surface area contributed by atoms with Crippen LogP contribution < -0.4 is 4.31 Å². The van der Waals surface area contributed by atoms with Crippen molar-refractivity contribution in [2.24, 2.45) is 0 Å². The van der Waals surface area contributed by atoms with Crippen LogP contribution in [0.3, 0.4) is 0 Å². The van der Waals surface area contributed by atoms with Gasteiger partial charge in [-0.05, 0) is 60.7 Å². The van der Waals surface area contributed by atoms with Gasteiger partial charge in [-0.25, -0.2) is 8.42 Å². The smallest absolute Gasteiger partial charge is 0.269 e. The number of benzene rings is 1. The van der Waals surface area contributed by atoms with Crippen molar-refractivity contribution in [3.63, 3.8) is 0 Å². The topological polar surface area (TPSA) is 89.2 Å². The van der Waals surface area contributed by atoms with E-state index in [1.54, 1.807) is 43.0 Å². The molecule has 3 heterocycles. The van der Waals surface area contributed by atoms with Crippen molar-refractivity contribution < 1.29 is 12.9 Å². The Hall–Kier alpha value is -3.04. The minimum absolute atomic E-state index is 0.133. The summed E-state index contributed by atoms with van der Waals surface area (Å²) in [7, 11) is -2.27. The van der Waals surface area contributed by atoms with E-state index in [1.807, 2.05) is 32.0 Å². The van der Waals surface area contributed by atoms with Crippen LogP contribution in [0, 0.1) is 13.8 Å². The summed E-state index contributed by atoms with van der Waals surface area (Å²) < 4.78 is 33.3. The minimum Gasteiger partial charge on any atom is -0.333 e. The van der Waals surface area contributed by atoms with Crippen LogP contribution in [0.2, 0.25) is 0 Å². The highest BCUT2D eigenvalue weighted by molar-refractivity contribution is 7.93. The molecule has 0 bridgehead atoms. The van der Waals surface area contributed by atoms with Crippen molar-refractivity contribution in [3.8, 4) is 22.2 Å². The van der Waals surface area contributed by atoms with E-state index in [0.29, 0.717) is 16.4 Å². The molecule has 0 saturated carbocycles. The number of sulfonamides is 1. The monoisotopic (exact) mass is 426 g/mol. The Morgan fingerprint density at radius 2 is 1.72 bits per heavy atom. The van der Waals surface area contributed by atoms with Gasteiger partial charge in [0.2, 0.25) is 5.82 Å². The van der Waals surface area contributed by atoms with Gasteiger partial charge in [-0.2, -0.15) is 4.98 Å². The number of thiophene rings is 1. The Kier molecular flexibility index (Phi) is 4.93. The Morgan fingerprint density at radius 1 is 1.03 bits per heavy atom. The molecule has 0 N–H and O–H groups in total. The Bertz CT molecular complexity index is 1240. The summed E-state index contributed by atoms with van der Waals surface area (Å²) in [4.78, 5) is 8.89. The van der Waals surface area contributed by atoms with Crippen LogP contribution >= 0.6 is 11.3 Å². The summed E-state index contributed by atoms with van der Waals surface area (Å²) in [6.07, 6.45) is 3.26. The van der Waals surface area contributed by atoms with Crippen molar-refractivity contribution in [2.75, 3.05) is 11.4 Å². The van der Waals surface area contributed by atoms with Crippen LogP contribution in [-0.4, -0.2) is 30.6 Å². The van der Waals surface area contributed by atoms with E-state index in [4.69, 9.17) is 4.52 Å². The van der Waals surface area contributed by atoms with E-state index in [1.165, 1.54) is 15.6 Å². The number of anilines is 1. The third-order valence-corrected chi connectivity index (χ3v) is 7.26. The average Bonchev–Trinajstić information content (AvgIpc) is 3.37. The molecule has 9 heteroatoms. The highest BCUT2D eigenvalue weighted by Crippen LogP contribution is 2.35. The van der Waals surface area contributed by atoms with Crippen LogP contribution in [0.15, 0.2) is 63.6 Å². The number of nitrogens with zero attached hydrogens (tertiary/aromatic N) is 4. The fourth-order valence-corrected chi connectivity index (χ4v) is 5.50. The van der Waals surface area contributed by atoms with Crippen LogP contribution in [-0.2, 0) is 10.0 Å². The molecule has 0 aliphatic carbocycles. The van der Waals surface area contributed by atoms with E-state index in [2.05, 4.69) is 15.1 Å².